The molecule has 11 aromatic rings. The van der Waals surface area contributed by atoms with E-state index >= 15 is 0 Å². The van der Waals surface area contributed by atoms with Crippen molar-refractivity contribution in [1.82, 2.24) is 15.0 Å². The summed E-state index contributed by atoms with van der Waals surface area (Å²) in [7, 11) is 0. The first kappa shape index (κ1) is 36.1. The van der Waals surface area contributed by atoms with Gasteiger partial charge in [0.25, 0.3) is 0 Å². The third-order valence-corrected chi connectivity index (χ3v) is 11.8. The molecule has 0 atom stereocenters. The Labute approximate surface area is 355 Å². The van der Waals surface area contributed by atoms with Gasteiger partial charge in [0.05, 0.1) is 0 Å². The third kappa shape index (κ3) is 6.92. The zero-order valence-corrected chi connectivity index (χ0v) is 33.6. The van der Waals surface area contributed by atoms with Crippen LogP contribution >= 0.6 is 0 Å². The Hall–Kier alpha value is -8.01. The molecule has 1 heterocycles. The van der Waals surface area contributed by atoms with E-state index in [4.69, 9.17) is 15.0 Å². The van der Waals surface area contributed by atoms with Crippen LogP contribution in [0.25, 0.3) is 111 Å². The minimum Gasteiger partial charge on any atom is -0.208 e. The largest absolute Gasteiger partial charge is 0.208 e. The van der Waals surface area contributed by atoms with E-state index in [1.807, 2.05) is 12.1 Å². The van der Waals surface area contributed by atoms with Crippen LogP contribution in [-0.2, 0) is 0 Å². The van der Waals surface area contributed by atoms with Gasteiger partial charge in [0.2, 0.25) is 0 Å². The number of aromatic nitrogens is 3. The SMILES string of the molecule is Cc1ccc(-c2cc(-c3ccc4c5ccccc5c5ccccc5c4c3)cc(-c3nc(-c4ccc(-c5ccccc5)cc4)nc(-c4ccc(-c5ccccc5)cc4)n3)c2)cc1. The lowest BCUT2D eigenvalue weighted by molar-refractivity contribution is 1.07. The van der Waals surface area contributed by atoms with Gasteiger partial charge in [-0.3, -0.25) is 0 Å². The molecule has 0 amide bonds. The van der Waals surface area contributed by atoms with Crippen molar-refractivity contribution in [2.24, 2.45) is 0 Å². The van der Waals surface area contributed by atoms with Gasteiger partial charge >= 0.3 is 0 Å². The summed E-state index contributed by atoms with van der Waals surface area (Å²) in [5.41, 5.74) is 13.1. The summed E-state index contributed by atoms with van der Waals surface area (Å²) >= 11 is 0. The summed E-state index contributed by atoms with van der Waals surface area (Å²) in [4.78, 5) is 15.6. The van der Waals surface area contributed by atoms with E-state index in [0.717, 1.165) is 50.1 Å². The fourth-order valence-electron chi connectivity index (χ4n) is 8.57. The van der Waals surface area contributed by atoms with Crippen molar-refractivity contribution in [2.75, 3.05) is 0 Å². The second-order valence-electron chi connectivity index (χ2n) is 15.7. The predicted octanol–water partition coefficient (Wildman–Crippen LogP) is 15.3. The smallest absolute Gasteiger partial charge is 0.164 e. The number of hydrogen-bond donors (Lipinski definition) is 0. The lowest BCUT2D eigenvalue weighted by Crippen LogP contribution is -2.01. The van der Waals surface area contributed by atoms with Gasteiger partial charge in [0.15, 0.2) is 17.5 Å². The number of aryl methyl sites for hydroxylation is 1. The molecule has 0 spiro atoms. The minimum atomic E-state index is 0.617. The highest BCUT2D eigenvalue weighted by Crippen LogP contribution is 2.39. The van der Waals surface area contributed by atoms with E-state index < -0.39 is 0 Å². The van der Waals surface area contributed by atoms with E-state index in [1.54, 1.807) is 0 Å². The summed E-state index contributed by atoms with van der Waals surface area (Å²) in [5.74, 6) is 1.86. The van der Waals surface area contributed by atoms with Gasteiger partial charge in [0.1, 0.15) is 0 Å². The zero-order valence-electron chi connectivity index (χ0n) is 33.6. The van der Waals surface area contributed by atoms with Crippen LogP contribution in [0.5, 0.6) is 0 Å². The summed E-state index contributed by atoms with van der Waals surface area (Å²) in [5, 5.41) is 7.52. The van der Waals surface area contributed by atoms with Crippen molar-refractivity contribution in [3.8, 4) is 78.7 Å². The number of benzene rings is 10. The van der Waals surface area contributed by atoms with Gasteiger partial charge in [-0.1, -0.05) is 200 Å². The van der Waals surface area contributed by atoms with Crippen molar-refractivity contribution in [2.45, 2.75) is 6.92 Å². The standard InChI is InChI=1S/C58H39N3/c1-38-20-22-43(23-21-38)47-34-48(46-32-33-54-52-18-9-8-16-50(52)51-17-10-11-19-53(51)55(54)37-46)36-49(35-47)58-60-56(44-28-24-41(25-29-44)39-12-4-2-5-13-39)59-57(61-58)45-30-26-42(27-31-45)40-14-6-3-7-15-40/h2-37H,1H3. The molecule has 3 heteroatoms. The Morgan fingerprint density at radius 3 is 1.02 bits per heavy atom. The fourth-order valence-corrected chi connectivity index (χ4v) is 8.57. The van der Waals surface area contributed by atoms with Crippen LogP contribution in [0.3, 0.4) is 0 Å². The van der Waals surface area contributed by atoms with E-state index in [2.05, 4.69) is 213 Å². The number of fused-ring (bicyclic) bond motifs is 6. The van der Waals surface area contributed by atoms with Crippen LogP contribution in [0.1, 0.15) is 5.56 Å². The molecule has 0 aliphatic rings. The molecule has 11 rings (SSSR count). The number of rotatable bonds is 7. The van der Waals surface area contributed by atoms with E-state index in [-0.39, 0.29) is 0 Å². The van der Waals surface area contributed by atoms with E-state index in [1.165, 1.54) is 49.0 Å². The Balaban J connectivity index is 1.10. The van der Waals surface area contributed by atoms with Gasteiger partial charge in [0, 0.05) is 16.7 Å². The second kappa shape index (κ2) is 15.3. The highest BCUT2D eigenvalue weighted by molar-refractivity contribution is 6.25. The molecule has 0 saturated carbocycles. The summed E-state index contributed by atoms with van der Waals surface area (Å²) in [6.07, 6.45) is 0. The van der Waals surface area contributed by atoms with Crippen LogP contribution in [-0.4, -0.2) is 15.0 Å². The Morgan fingerprint density at radius 2 is 0.525 bits per heavy atom. The van der Waals surface area contributed by atoms with Crippen LogP contribution < -0.4 is 0 Å². The first-order valence-electron chi connectivity index (χ1n) is 20.8. The van der Waals surface area contributed by atoms with Crippen molar-refractivity contribution in [3.63, 3.8) is 0 Å². The third-order valence-electron chi connectivity index (χ3n) is 11.8. The number of hydrogen-bond acceptors (Lipinski definition) is 3. The van der Waals surface area contributed by atoms with E-state index in [0.29, 0.717) is 17.5 Å². The maximum atomic E-state index is 5.25. The van der Waals surface area contributed by atoms with Gasteiger partial charge < -0.3 is 0 Å². The molecule has 0 fully saturated rings. The normalized spacial score (nSPS) is 11.4. The molecule has 0 bridgehead atoms. The molecule has 61 heavy (non-hydrogen) atoms. The van der Waals surface area contributed by atoms with Gasteiger partial charge in [-0.05, 0) is 108 Å². The first-order chi connectivity index (χ1) is 30.1. The van der Waals surface area contributed by atoms with Crippen molar-refractivity contribution >= 4 is 32.3 Å². The monoisotopic (exact) mass is 777 g/mol. The summed E-state index contributed by atoms with van der Waals surface area (Å²) < 4.78 is 0. The van der Waals surface area contributed by atoms with Crippen LogP contribution in [0.4, 0.5) is 0 Å². The highest BCUT2D eigenvalue weighted by Gasteiger charge is 2.17. The summed E-state index contributed by atoms with van der Waals surface area (Å²) in [6, 6.07) is 77.8. The van der Waals surface area contributed by atoms with Crippen molar-refractivity contribution in [3.05, 3.63) is 224 Å². The predicted molar refractivity (Wildman–Crippen MR) is 255 cm³/mol. The Bertz CT molecular complexity index is 3240. The number of nitrogens with zero attached hydrogens (tertiary/aromatic N) is 3. The average Bonchev–Trinajstić information content (AvgIpc) is 3.34. The second-order valence-corrected chi connectivity index (χ2v) is 15.7. The van der Waals surface area contributed by atoms with Crippen molar-refractivity contribution < 1.29 is 0 Å². The molecule has 286 valence electrons. The van der Waals surface area contributed by atoms with Gasteiger partial charge in [-0.15, -0.1) is 0 Å². The van der Waals surface area contributed by atoms with Crippen LogP contribution in [0, 0.1) is 6.92 Å². The van der Waals surface area contributed by atoms with E-state index in [9.17, 15) is 0 Å². The molecule has 0 N–H and O–H groups in total. The average molecular weight is 778 g/mol. The highest BCUT2D eigenvalue weighted by atomic mass is 15.0. The fraction of sp³-hybridized carbons (Fsp3) is 0.0172. The molecule has 1 aromatic heterocycles. The van der Waals surface area contributed by atoms with Gasteiger partial charge in [-0.25, -0.2) is 15.0 Å². The van der Waals surface area contributed by atoms with Crippen molar-refractivity contribution in [1.29, 1.82) is 0 Å². The Kier molecular flexibility index (Phi) is 9.05. The quantitative estimate of drug-likeness (QED) is 0.151. The van der Waals surface area contributed by atoms with Crippen LogP contribution in [0.15, 0.2) is 218 Å². The minimum absolute atomic E-state index is 0.617. The molecule has 10 aromatic carbocycles. The van der Waals surface area contributed by atoms with Crippen LogP contribution in [0.2, 0.25) is 0 Å². The zero-order chi connectivity index (χ0) is 40.7. The Morgan fingerprint density at radius 1 is 0.213 bits per heavy atom. The summed E-state index contributed by atoms with van der Waals surface area (Å²) in [6.45, 7) is 2.13. The molecular weight excluding hydrogens is 739 g/mol. The molecule has 0 saturated heterocycles. The maximum Gasteiger partial charge on any atom is 0.164 e. The molecule has 0 aliphatic carbocycles. The molecular formula is C58H39N3. The molecule has 0 aliphatic heterocycles. The first-order valence-corrected chi connectivity index (χ1v) is 20.8. The maximum absolute atomic E-state index is 5.25. The lowest BCUT2D eigenvalue weighted by atomic mass is 9.90. The molecule has 3 nitrogen and oxygen atoms in total. The molecule has 0 unspecified atom stereocenters. The topological polar surface area (TPSA) is 38.7 Å². The molecule has 0 radical (unpaired) electrons. The lowest BCUT2D eigenvalue weighted by Gasteiger charge is -2.15. The van der Waals surface area contributed by atoms with Gasteiger partial charge in [-0.2, -0.15) is 0 Å².